The van der Waals surface area contributed by atoms with Gasteiger partial charge in [0.05, 0.1) is 5.38 Å². The molecule has 1 aliphatic rings. The van der Waals surface area contributed by atoms with E-state index in [2.05, 4.69) is 19.1 Å². The summed E-state index contributed by atoms with van der Waals surface area (Å²) >= 11 is 5.81. The van der Waals surface area contributed by atoms with Crippen molar-refractivity contribution in [2.45, 2.75) is 19.2 Å². The minimum Gasteiger partial charge on any atom is -0.114 e. The summed E-state index contributed by atoms with van der Waals surface area (Å²) in [5.74, 6) is 0. The van der Waals surface area contributed by atoms with Crippen molar-refractivity contribution in [3.05, 3.63) is 23.3 Å². The Morgan fingerprint density at radius 1 is 1.50 bits per heavy atom. The molecule has 0 fully saturated rings. The first-order valence-electron chi connectivity index (χ1n) is 2.71. The second-order valence-electron chi connectivity index (χ2n) is 2.20. The molecule has 0 aromatic heterocycles. The first kappa shape index (κ1) is 5.90. The zero-order chi connectivity index (χ0) is 6.15. The van der Waals surface area contributed by atoms with Crippen LogP contribution >= 0.6 is 11.6 Å². The zero-order valence-electron chi connectivity index (χ0n) is 5.11. The van der Waals surface area contributed by atoms with Crippen LogP contribution in [-0.2, 0) is 0 Å². The Kier molecular flexibility index (Phi) is 1.43. The number of allylic oxidation sites excluding steroid dienone is 4. The van der Waals surface area contributed by atoms with Crippen molar-refractivity contribution in [1.82, 2.24) is 0 Å². The number of rotatable bonds is 0. The number of alkyl halides is 1. The second kappa shape index (κ2) is 1.94. The smallest absolute Gasteiger partial charge is 0.0732 e. The standard InChI is InChI=1S/C7H9Cl/c1-5-3-6(2)7(8)4-5/h3-4,7H,1-2H3. The van der Waals surface area contributed by atoms with Crippen molar-refractivity contribution in [1.29, 1.82) is 0 Å². The van der Waals surface area contributed by atoms with Crippen LogP contribution < -0.4 is 0 Å². The molecule has 1 atom stereocenters. The van der Waals surface area contributed by atoms with E-state index in [4.69, 9.17) is 11.6 Å². The fraction of sp³-hybridized carbons (Fsp3) is 0.429. The summed E-state index contributed by atoms with van der Waals surface area (Å²) in [5.41, 5.74) is 2.53. The molecule has 0 saturated carbocycles. The van der Waals surface area contributed by atoms with E-state index in [0.717, 1.165) is 0 Å². The highest BCUT2D eigenvalue weighted by atomic mass is 35.5. The van der Waals surface area contributed by atoms with Gasteiger partial charge in [0.15, 0.2) is 0 Å². The Morgan fingerprint density at radius 3 is 2.25 bits per heavy atom. The highest BCUT2D eigenvalue weighted by molar-refractivity contribution is 6.24. The number of halogens is 1. The molecule has 1 rings (SSSR count). The summed E-state index contributed by atoms with van der Waals surface area (Å²) in [6.07, 6.45) is 4.16. The predicted octanol–water partition coefficient (Wildman–Crippen LogP) is 2.50. The van der Waals surface area contributed by atoms with Gasteiger partial charge < -0.3 is 0 Å². The summed E-state index contributed by atoms with van der Waals surface area (Å²) in [6, 6.07) is 0. The molecule has 44 valence electrons. The lowest BCUT2D eigenvalue weighted by Crippen LogP contribution is -1.87. The summed E-state index contributed by atoms with van der Waals surface area (Å²) in [5, 5.41) is 0.162. The fourth-order valence-electron chi connectivity index (χ4n) is 0.849. The van der Waals surface area contributed by atoms with Gasteiger partial charge in [0.2, 0.25) is 0 Å². The lowest BCUT2D eigenvalue weighted by molar-refractivity contribution is 1.26. The lowest BCUT2D eigenvalue weighted by atomic mass is 10.3. The maximum Gasteiger partial charge on any atom is 0.0732 e. The SMILES string of the molecule is CC1=CC(Cl)C(C)=C1. The van der Waals surface area contributed by atoms with Crippen molar-refractivity contribution < 1.29 is 0 Å². The molecular formula is C7H9Cl. The monoisotopic (exact) mass is 128 g/mol. The highest BCUT2D eigenvalue weighted by Crippen LogP contribution is 2.21. The average molecular weight is 129 g/mol. The molecule has 0 aliphatic heterocycles. The van der Waals surface area contributed by atoms with Crippen LogP contribution in [-0.4, -0.2) is 5.38 Å². The molecule has 1 aliphatic carbocycles. The van der Waals surface area contributed by atoms with Crippen LogP contribution in [0.3, 0.4) is 0 Å². The largest absolute Gasteiger partial charge is 0.114 e. The van der Waals surface area contributed by atoms with Crippen LogP contribution in [0.25, 0.3) is 0 Å². The molecule has 0 N–H and O–H groups in total. The third-order valence-corrected chi connectivity index (χ3v) is 1.77. The molecule has 0 saturated heterocycles. The maximum atomic E-state index is 5.81. The van der Waals surface area contributed by atoms with Gasteiger partial charge in [-0.1, -0.05) is 23.3 Å². The van der Waals surface area contributed by atoms with E-state index in [1.54, 1.807) is 0 Å². The van der Waals surface area contributed by atoms with Crippen molar-refractivity contribution >= 4 is 11.6 Å². The summed E-state index contributed by atoms with van der Waals surface area (Å²) < 4.78 is 0. The first-order chi connectivity index (χ1) is 3.70. The van der Waals surface area contributed by atoms with Gasteiger partial charge in [-0.2, -0.15) is 0 Å². The molecule has 0 aromatic rings. The molecule has 0 heterocycles. The third kappa shape index (κ3) is 0.948. The van der Waals surface area contributed by atoms with E-state index in [-0.39, 0.29) is 5.38 Å². The van der Waals surface area contributed by atoms with Crippen molar-refractivity contribution in [3.8, 4) is 0 Å². The van der Waals surface area contributed by atoms with E-state index in [1.807, 2.05) is 6.92 Å². The molecule has 0 aromatic carbocycles. The van der Waals surface area contributed by atoms with E-state index < -0.39 is 0 Å². The van der Waals surface area contributed by atoms with Gasteiger partial charge in [-0.3, -0.25) is 0 Å². The molecule has 0 spiro atoms. The lowest BCUT2D eigenvalue weighted by Gasteiger charge is -1.93. The zero-order valence-corrected chi connectivity index (χ0v) is 5.87. The molecule has 0 radical (unpaired) electrons. The normalized spacial score (nSPS) is 27.6. The van der Waals surface area contributed by atoms with Gasteiger partial charge in [0.1, 0.15) is 0 Å². The van der Waals surface area contributed by atoms with E-state index in [0.29, 0.717) is 0 Å². The summed E-state index contributed by atoms with van der Waals surface area (Å²) in [6.45, 7) is 4.11. The quantitative estimate of drug-likeness (QED) is 0.440. The van der Waals surface area contributed by atoms with E-state index >= 15 is 0 Å². The fourth-order valence-corrected chi connectivity index (χ4v) is 1.11. The minimum atomic E-state index is 0.162. The maximum absolute atomic E-state index is 5.81. The van der Waals surface area contributed by atoms with Crippen LogP contribution in [0.15, 0.2) is 23.3 Å². The van der Waals surface area contributed by atoms with E-state index in [1.165, 1.54) is 11.1 Å². The van der Waals surface area contributed by atoms with Gasteiger partial charge in [-0.05, 0) is 13.8 Å². The Hall–Kier alpha value is -0.230. The predicted molar refractivity (Wildman–Crippen MR) is 37.2 cm³/mol. The molecule has 0 bridgehead atoms. The van der Waals surface area contributed by atoms with Crippen LogP contribution in [0.1, 0.15) is 13.8 Å². The van der Waals surface area contributed by atoms with Crippen LogP contribution in [0.5, 0.6) is 0 Å². The first-order valence-corrected chi connectivity index (χ1v) is 3.14. The summed E-state index contributed by atoms with van der Waals surface area (Å²) in [7, 11) is 0. The minimum absolute atomic E-state index is 0.162. The molecule has 0 amide bonds. The molecular weight excluding hydrogens is 120 g/mol. The Morgan fingerprint density at radius 2 is 2.12 bits per heavy atom. The van der Waals surface area contributed by atoms with Gasteiger partial charge in [0.25, 0.3) is 0 Å². The van der Waals surface area contributed by atoms with Crippen molar-refractivity contribution in [3.63, 3.8) is 0 Å². The van der Waals surface area contributed by atoms with Crippen molar-refractivity contribution in [2.75, 3.05) is 0 Å². The highest BCUT2D eigenvalue weighted by Gasteiger charge is 2.08. The molecule has 8 heavy (non-hydrogen) atoms. The van der Waals surface area contributed by atoms with Gasteiger partial charge in [0, 0.05) is 0 Å². The topological polar surface area (TPSA) is 0 Å². The second-order valence-corrected chi connectivity index (χ2v) is 2.67. The van der Waals surface area contributed by atoms with Crippen LogP contribution in [0, 0.1) is 0 Å². The third-order valence-electron chi connectivity index (χ3n) is 1.30. The molecule has 1 heteroatoms. The Balaban J connectivity index is 2.78. The van der Waals surface area contributed by atoms with Crippen molar-refractivity contribution in [2.24, 2.45) is 0 Å². The Labute approximate surface area is 54.8 Å². The number of hydrogen-bond acceptors (Lipinski definition) is 0. The average Bonchev–Trinajstić information content (AvgIpc) is 1.85. The summed E-state index contributed by atoms with van der Waals surface area (Å²) in [4.78, 5) is 0. The van der Waals surface area contributed by atoms with Crippen LogP contribution in [0.2, 0.25) is 0 Å². The Bertz CT molecular complexity index is 154. The van der Waals surface area contributed by atoms with E-state index in [9.17, 15) is 0 Å². The van der Waals surface area contributed by atoms with Crippen LogP contribution in [0.4, 0.5) is 0 Å². The van der Waals surface area contributed by atoms with Gasteiger partial charge >= 0.3 is 0 Å². The van der Waals surface area contributed by atoms with Gasteiger partial charge in [-0.15, -0.1) is 11.6 Å². The molecule has 1 unspecified atom stereocenters. The molecule has 0 nitrogen and oxygen atoms in total. The van der Waals surface area contributed by atoms with Gasteiger partial charge in [-0.25, -0.2) is 0 Å². The number of hydrogen-bond donors (Lipinski definition) is 0.